The first kappa shape index (κ1) is 15.3. The van der Waals surface area contributed by atoms with Crippen LogP contribution in [0.25, 0.3) is 0 Å². The van der Waals surface area contributed by atoms with E-state index >= 15 is 0 Å². The van der Waals surface area contributed by atoms with E-state index in [0.29, 0.717) is 12.6 Å². The van der Waals surface area contributed by atoms with Crippen LogP contribution in [0.15, 0.2) is 30.3 Å². The Morgan fingerprint density at radius 3 is 2.81 bits per heavy atom. The van der Waals surface area contributed by atoms with E-state index in [-0.39, 0.29) is 5.60 Å². The molecular weight excluding hydrogens is 282 g/mol. The van der Waals surface area contributed by atoms with Gasteiger partial charge in [0.05, 0.1) is 11.7 Å². The summed E-state index contributed by atoms with van der Waals surface area (Å²) in [6, 6.07) is 10.4. The third kappa shape index (κ3) is 4.01. The highest BCUT2D eigenvalue weighted by atomic mass is 32.2. The van der Waals surface area contributed by atoms with Crippen molar-refractivity contribution in [3.63, 3.8) is 0 Å². The number of nitrogens with one attached hydrogen (secondary N) is 1. The first-order valence-corrected chi connectivity index (χ1v) is 9.11. The highest BCUT2D eigenvalue weighted by Crippen LogP contribution is 2.37. The molecule has 0 amide bonds. The van der Waals surface area contributed by atoms with Crippen LogP contribution in [0.2, 0.25) is 0 Å². The number of aliphatic hydroxyl groups excluding tert-OH is 1. The van der Waals surface area contributed by atoms with Crippen molar-refractivity contribution in [1.82, 2.24) is 5.32 Å². The van der Waals surface area contributed by atoms with Gasteiger partial charge in [-0.2, -0.15) is 11.8 Å². The predicted octanol–water partition coefficient (Wildman–Crippen LogP) is 2.75. The average molecular weight is 307 g/mol. The summed E-state index contributed by atoms with van der Waals surface area (Å²) in [5, 5.41) is 13.8. The maximum Gasteiger partial charge on any atom is 0.0914 e. The number of rotatable bonds is 4. The molecule has 1 aromatic carbocycles. The molecule has 2 N–H and O–H groups in total. The normalized spacial score (nSPS) is 26.6. The molecule has 0 saturated carbocycles. The van der Waals surface area contributed by atoms with Crippen molar-refractivity contribution in [2.24, 2.45) is 0 Å². The molecule has 0 radical (unpaired) electrons. The molecule has 4 heteroatoms. The zero-order valence-electron chi connectivity index (χ0n) is 12.5. The Labute approximate surface area is 131 Å². The lowest BCUT2D eigenvalue weighted by molar-refractivity contribution is -0.0938. The fraction of sp³-hybridized carbons (Fsp3) is 0.647. The van der Waals surface area contributed by atoms with Gasteiger partial charge >= 0.3 is 0 Å². The fourth-order valence-corrected chi connectivity index (χ4v) is 4.60. The molecule has 2 heterocycles. The maximum absolute atomic E-state index is 10.3. The predicted molar refractivity (Wildman–Crippen MR) is 87.7 cm³/mol. The number of hydrogen-bond donors (Lipinski definition) is 2. The van der Waals surface area contributed by atoms with Crippen LogP contribution in [-0.2, 0) is 4.74 Å². The lowest BCUT2D eigenvalue weighted by Crippen LogP contribution is -2.49. The van der Waals surface area contributed by atoms with Crippen LogP contribution < -0.4 is 5.32 Å². The van der Waals surface area contributed by atoms with E-state index < -0.39 is 6.10 Å². The second-order valence-corrected chi connectivity index (χ2v) is 7.39. The topological polar surface area (TPSA) is 41.5 Å². The summed E-state index contributed by atoms with van der Waals surface area (Å²) in [6.07, 6.45) is 4.08. The first-order valence-electron chi connectivity index (χ1n) is 7.96. The molecule has 0 aromatic heterocycles. The first-order chi connectivity index (χ1) is 10.3. The summed E-state index contributed by atoms with van der Waals surface area (Å²) in [4.78, 5) is 0. The lowest BCUT2D eigenvalue weighted by atomic mass is 9.85. The number of hydrogen-bond acceptors (Lipinski definition) is 4. The molecule has 2 aliphatic rings. The highest BCUT2D eigenvalue weighted by Gasteiger charge is 2.38. The van der Waals surface area contributed by atoms with Gasteiger partial charge in [-0.05, 0) is 42.8 Å². The summed E-state index contributed by atoms with van der Waals surface area (Å²) in [6.45, 7) is 1.48. The number of benzene rings is 1. The van der Waals surface area contributed by atoms with Crippen LogP contribution in [0.3, 0.4) is 0 Å². The second-order valence-electron chi connectivity index (χ2n) is 6.17. The van der Waals surface area contributed by atoms with E-state index in [0.717, 1.165) is 25.0 Å². The minimum Gasteiger partial charge on any atom is -0.387 e. The van der Waals surface area contributed by atoms with Gasteiger partial charge in [0.25, 0.3) is 0 Å². The average Bonchev–Trinajstić information content (AvgIpc) is 2.54. The van der Waals surface area contributed by atoms with E-state index in [2.05, 4.69) is 5.32 Å². The Morgan fingerprint density at radius 1 is 1.29 bits per heavy atom. The zero-order chi connectivity index (χ0) is 14.5. The quantitative estimate of drug-likeness (QED) is 0.897. The van der Waals surface area contributed by atoms with Gasteiger partial charge in [-0.15, -0.1) is 0 Å². The monoisotopic (exact) mass is 307 g/mol. The van der Waals surface area contributed by atoms with E-state index in [1.54, 1.807) is 0 Å². The van der Waals surface area contributed by atoms with Crippen LogP contribution in [-0.4, -0.2) is 41.4 Å². The van der Waals surface area contributed by atoms with Gasteiger partial charge in [0, 0.05) is 19.2 Å². The molecule has 2 atom stereocenters. The van der Waals surface area contributed by atoms with Crippen molar-refractivity contribution in [3.8, 4) is 0 Å². The summed E-state index contributed by atoms with van der Waals surface area (Å²) >= 11 is 2.04. The van der Waals surface area contributed by atoms with Gasteiger partial charge in [0.1, 0.15) is 0 Å². The summed E-state index contributed by atoms with van der Waals surface area (Å²) < 4.78 is 6.11. The van der Waals surface area contributed by atoms with Gasteiger partial charge in [-0.25, -0.2) is 0 Å². The van der Waals surface area contributed by atoms with Gasteiger partial charge < -0.3 is 15.2 Å². The van der Waals surface area contributed by atoms with Gasteiger partial charge in [-0.3, -0.25) is 0 Å². The smallest absolute Gasteiger partial charge is 0.0914 e. The fourth-order valence-electron chi connectivity index (χ4n) is 3.37. The van der Waals surface area contributed by atoms with E-state index in [9.17, 15) is 5.11 Å². The number of thioether (sulfide) groups is 1. The number of aliphatic hydroxyl groups is 1. The van der Waals surface area contributed by atoms with Crippen LogP contribution in [0.1, 0.15) is 37.4 Å². The highest BCUT2D eigenvalue weighted by molar-refractivity contribution is 7.99. The number of ether oxygens (including phenoxy) is 1. The maximum atomic E-state index is 10.3. The lowest BCUT2D eigenvalue weighted by Gasteiger charge is -2.43. The molecule has 0 bridgehead atoms. The van der Waals surface area contributed by atoms with Gasteiger partial charge in [0.2, 0.25) is 0 Å². The molecule has 2 saturated heterocycles. The third-order valence-corrected chi connectivity index (χ3v) is 5.67. The van der Waals surface area contributed by atoms with E-state index in [1.807, 2.05) is 42.1 Å². The Bertz CT molecular complexity index is 428. The van der Waals surface area contributed by atoms with Crippen molar-refractivity contribution in [2.45, 2.75) is 43.4 Å². The van der Waals surface area contributed by atoms with Crippen molar-refractivity contribution in [2.75, 3.05) is 24.7 Å². The van der Waals surface area contributed by atoms with Crippen molar-refractivity contribution in [3.05, 3.63) is 35.9 Å². The van der Waals surface area contributed by atoms with Crippen LogP contribution in [0, 0.1) is 0 Å². The van der Waals surface area contributed by atoms with Crippen LogP contribution >= 0.6 is 11.8 Å². The van der Waals surface area contributed by atoms with Crippen LogP contribution in [0.4, 0.5) is 0 Å². The summed E-state index contributed by atoms with van der Waals surface area (Å²) in [7, 11) is 0. The molecule has 3 rings (SSSR count). The molecule has 3 nitrogen and oxygen atoms in total. The molecule has 2 fully saturated rings. The second kappa shape index (κ2) is 7.14. The van der Waals surface area contributed by atoms with Crippen molar-refractivity contribution >= 4 is 11.8 Å². The van der Waals surface area contributed by atoms with Crippen LogP contribution in [0.5, 0.6) is 0 Å². The van der Waals surface area contributed by atoms with Gasteiger partial charge in [0.15, 0.2) is 0 Å². The SMILES string of the molecule is OC(CNC1CCOC2(CCSCC2)C1)c1ccccc1. The molecule has 1 aromatic rings. The molecule has 2 unspecified atom stereocenters. The van der Waals surface area contributed by atoms with Gasteiger partial charge in [-0.1, -0.05) is 30.3 Å². The Kier molecular flexibility index (Phi) is 5.22. The zero-order valence-corrected chi connectivity index (χ0v) is 13.3. The Morgan fingerprint density at radius 2 is 2.05 bits per heavy atom. The molecular formula is C17H25NO2S. The minimum absolute atomic E-state index is 0.110. The largest absolute Gasteiger partial charge is 0.387 e. The van der Waals surface area contributed by atoms with E-state index in [4.69, 9.17) is 4.74 Å². The standard InChI is InChI=1S/C17H25NO2S/c19-16(14-4-2-1-3-5-14)13-18-15-6-9-20-17(12-15)7-10-21-11-8-17/h1-5,15-16,18-19H,6-13H2. The Hall–Kier alpha value is -0.550. The molecule has 116 valence electrons. The molecule has 21 heavy (non-hydrogen) atoms. The summed E-state index contributed by atoms with van der Waals surface area (Å²) in [5.74, 6) is 2.44. The molecule has 1 spiro atoms. The van der Waals surface area contributed by atoms with Crippen molar-refractivity contribution in [1.29, 1.82) is 0 Å². The molecule has 2 aliphatic heterocycles. The third-order valence-electron chi connectivity index (χ3n) is 4.68. The molecule has 0 aliphatic carbocycles. The van der Waals surface area contributed by atoms with Crippen molar-refractivity contribution < 1.29 is 9.84 Å². The minimum atomic E-state index is -0.424. The summed E-state index contributed by atoms with van der Waals surface area (Å²) in [5.41, 5.74) is 1.10. The van der Waals surface area contributed by atoms with E-state index in [1.165, 1.54) is 24.3 Å². The Balaban J connectivity index is 1.51.